The summed E-state index contributed by atoms with van der Waals surface area (Å²) in [5.41, 5.74) is -0.0394. The highest BCUT2D eigenvalue weighted by atomic mass is 19.1. The number of anilines is 2. The lowest BCUT2D eigenvalue weighted by molar-refractivity contribution is 0.357. The summed E-state index contributed by atoms with van der Waals surface area (Å²) in [6.07, 6.45) is 0. The van der Waals surface area contributed by atoms with Crippen molar-refractivity contribution < 1.29 is 8.78 Å². The number of aromatic nitrogens is 1. The van der Waals surface area contributed by atoms with Crippen LogP contribution in [0, 0.1) is 17.0 Å². The Morgan fingerprint density at radius 2 is 1.71 bits per heavy atom. The summed E-state index contributed by atoms with van der Waals surface area (Å²) in [5, 5.41) is 5.54. The molecule has 0 bridgehead atoms. The molecule has 2 N–H and O–H groups in total. The zero-order valence-corrected chi connectivity index (χ0v) is 10.9. The van der Waals surface area contributed by atoms with Crippen LogP contribution in [0.4, 0.5) is 20.4 Å². The van der Waals surface area contributed by atoms with Gasteiger partial charge >= 0.3 is 0 Å². The van der Waals surface area contributed by atoms with Crippen molar-refractivity contribution in [1.29, 1.82) is 0 Å². The molecular formula is C12H19F2N3. The summed E-state index contributed by atoms with van der Waals surface area (Å²) in [6.45, 7) is 8.03. The van der Waals surface area contributed by atoms with Gasteiger partial charge in [0, 0.05) is 19.2 Å². The van der Waals surface area contributed by atoms with E-state index >= 15 is 0 Å². The highest BCUT2D eigenvalue weighted by molar-refractivity contribution is 5.47. The predicted octanol–water partition coefficient (Wildman–Crippen LogP) is 3.25. The monoisotopic (exact) mass is 243 g/mol. The molecule has 1 unspecified atom stereocenters. The first kappa shape index (κ1) is 13.7. The maximum Gasteiger partial charge on any atom is 0.168 e. The lowest BCUT2D eigenvalue weighted by atomic mass is 9.88. The van der Waals surface area contributed by atoms with Crippen molar-refractivity contribution in [3.8, 4) is 0 Å². The molecule has 1 aromatic rings. The highest BCUT2D eigenvalue weighted by Crippen LogP contribution is 2.25. The van der Waals surface area contributed by atoms with Crippen molar-refractivity contribution in [3.05, 3.63) is 17.7 Å². The smallest absolute Gasteiger partial charge is 0.168 e. The van der Waals surface area contributed by atoms with E-state index in [1.54, 1.807) is 7.05 Å². The second-order valence-electron chi connectivity index (χ2n) is 5.13. The van der Waals surface area contributed by atoms with Gasteiger partial charge in [-0.25, -0.2) is 13.8 Å². The minimum absolute atomic E-state index is 0.0136. The molecule has 17 heavy (non-hydrogen) atoms. The summed E-state index contributed by atoms with van der Waals surface area (Å²) in [5.74, 6) is -1.27. The van der Waals surface area contributed by atoms with Crippen LogP contribution in [-0.2, 0) is 0 Å². The maximum atomic E-state index is 13.5. The van der Waals surface area contributed by atoms with Gasteiger partial charge in [-0.05, 0) is 12.3 Å². The van der Waals surface area contributed by atoms with E-state index in [-0.39, 0.29) is 23.1 Å². The number of hydrogen-bond acceptors (Lipinski definition) is 3. The molecule has 0 saturated carbocycles. The Kier molecular flexibility index (Phi) is 3.91. The Morgan fingerprint density at radius 1 is 1.18 bits per heavy atom. The SMILES string of the molecule is CNc1nc(NC(C)C(C)(C)C)c(F)cc1F. The fraction of sp³-hybridized carbons (Fsp3) is 0.583. The van der Waals surface area contributed by atoms with Gasteiger partial charge in [-0.2, -0.15) is 0 Å². The molecule has 0 spiro atoms. The number of halogens is 2. The summed E-state index contributed by atoms with van der Waals surface area (Å²) >= 11 is 0. The maximum absolute atomic E-state index is 13.5. The van der Waals surface area contributed by atoms with E-state index in [1.165, 1.54) is 0 Å². The average molecular weight is 243 g/mol. The summed E-state index contributed by atoms with van der Waals surface area (Å²) in [4.78, 5) is 3.87. The standard InChI is InChI=1S/C12H19F2N3/c1-7(12(2,3)4)16-11-9(14)6-8(13)10(15-5)17-11/h6-7H,1-5H3,(H2,15,16,17). The van der Waals surface area contributed by atoms with Crippen molar-refractivity contribution >= 4 is 11.6 Å². The normalized spacial score (nSPS) is 13.4. The zero-order chi connectivity index (χ0) is 13.2. The third-order valence-corrected chi connectivity index (χ3v) is 2.82. The molecule has 5 heteroatoms. The number of hydrogen-bond donors (Lipinski definition) is 2. The van der Waals surface area contributed by atoms with Gasteiger partial charge in [0.05, 0.1) is 0 Å². The lowest BCUT2D eigenvalue weighted by Crippen LogP contribution is -2.31. The van der Waals surface area contributed by atoms with Crippen LogP contribution in [0.15, 0.2) is 6.07 Å². The molecule has 0 amide bonds. The average Bonchev–Trinajstić information content (AvgIpc) is 2.20. The van der Waals surface area contributed by atoms with E-state index in [9.17, 15) is 8.78 Å². The lowest BCUT2D eigenvalue weighted by Gasteiger charge is -2.28. The molecule has 0 aromatic carbocycles. The largest absolute Gasteiger partial charge is 0.371 e. The number of nitrogens with zero attached hydrogens (tertiary/aromatic N) is 1. The Hall–Kier alpha value is -1.39. The molecule has 1 aromatic heterocycles. The summed E-state index contributed by atoms with van der Waals surface area (Å²) in [7, 11) is 1.54. The van der Waals surface area contributed by atoms with Gasteiger partial charge in [-0.3, -0.25) is 0 Å². The molecule has 1 heterocycles. The van der Waals surface area contributed by atoms with Gasteiger partial charge in [0.25, 0.3) is 0 Å². The molecular weight excluding hydrogens is 224 g/mol. The van der Waals surface area contributed by atoms with Crippen LogP contribution in [-0.4, -0.2) is 18.1 Å². The Balaban J connectivity index is 2.99. The van der Waals surface area contributed by atoms with Crippen LogP contribution < -0.4 is 10.6 Å². The van der Waals surface area contributed by atoms with E-state index in [0.29, 0.717) is 0 Å². The Morgan fingerprint density at radius 3 is 2.18 bits per heavy atom. The van der Waals surface area contributed by atoms with E-state index in [0.717, 1.165) is 6.07 Å². The minimum Gasteiger partial charge on any atom is -0.371 e. The van der Waals surface area contributed by atoms with Gasteiger partial charge in [0.15, 0.2) is 23.3 Å². The van der Waals surface area contributed by atoms with Crippen LogP contribution in [0.25, 0.3) is 0 Å². The Bertz CT molecular complexity index is 399. The Labute approximate surface area is 101 Å². The molecule has 0 fully saturated rings. The van der Waals surface area contributed by atoms with Crippen LogP contribution >= 0.6 is 0 Å². The summed E-state index contributed by atoms with van der Waals surface area (Å²) < 4.78 is 26.7. The predicted molar refractivity (Wildman–Crippen MR) is 66.2 cm³/mol. The van der Waals surface area contributed by atoms with Crippen LogP contribution in [0.3, 0.4) is 0 Å². The zero-order valence-electron chi connectivity index (χ0n) is 10.9. The minimum atomic E-state index is -0.695. The van der Waals surface area contributed by atoms with Gasteiger partial charge in [-0.15, -0.1) is 0 Å². The molecule has 0 aliphatic heterocycles. The van der Waals surface area contributed by atoms with Crippen molar-refractivity contribution in [3.63, 3.8) is 0 Å². The van der Waals surface area contributed by atoms with Crippen molar-refractivity contribution in [2.45, 2.75) is 33.7 Å². The third-order valence-electron chi connectivity index (χ3n) is 2.82. The fourth-order valence-corrected chi connectivity index (χ4v) is 1.16. The van der Waals surface area contributed by atoms with Gasteiger partial charge in [0.1, 0.15) is 0 Å². The van der Waals surface area contributed by atoms with Gasteiger partial charge in [-0.1, -0.05) is 20.8 Å². The molecule has 0 saturated heterocycles. The van der Waals surface area contributed by atoms with Crippen LogP contribution in [0.5, 0.6) is 0 Å². The molecule has 96 valence electrons. The fourth-order valence-electron chi connectivity index (χ4n) is 1.16. The topological polar surface area (TPSA) is 37.0 Å². The molecule has 0 aliphatic rings. The van der Waals surface area contributed by atoms with E-state index in [1.807, 2.05) is 27.7 Å². The van der Waals surface area contributed by atoms with Gasteiger partial charge < -0.3 is 10.6 Å². The highest BCUT2D eigenvalue weighted by Gasteiger charge is 2.22. The van der Waals surface area contributed by atoms with Crippen molar-refractivity contribution in [1.82, 2.24) is 4.98 Å². The first-order valence-electron chi connectivity index (χ1n) is 5.56. The number of rotatable bonds is 3. The first-order chi connectivity index (χ1) is 7.75. The third kappa shape index (κ3) is 3.28. The molecule has 1 rings (SSSR count). The molecule has 3 nitrogen and oxygen atoms in total. The van der Waals surface area contributed by atoms with E-state index in [4.69, 9.17) is 0 Å². The summed E-state index contributed by atoms with van der Waals surface area (Å²) in [6, 6.07) is 0.843. The second-order valence-corrected chi connectivity index (χ2v) is 5.13. The molecule has 0 radical (unpaired) electrons. The quantitative estimate of drug-likeness (QED) is 0.855. The molecule has 1 atom stereocenters. The van der Waals surface area contributed by atoms with E-state index in [2.05, 4.69) is 15.6 Å². The van der Waals surface area contributed by atoms with Crippen molar-refractivity contribution in [2.75, 3.05) is 17.7 Å². The number of nitrogens with one attached hydrogen (secondary N) is 2. The first-order valence-corrected chi connectivity index (χ1v) is 5.56. The van der Waals surface area contributed by atoms with Crippen LogP contribution in [0.1, 0.15) is 27.7 Å². The second kappa shape index (κ2) is 4.85. The van der Waals surface area contributed by atoms with E-state index < -0.39 is 11.6 Å². The van der Waals surface area contributed by atoms with Crippen LogP contribution in [0.2, 0.25) is 0 Å². The van der Waals surface area contributed by atoms with Gasteiger partial charge in [0.2, 0.25) is 0 Å². The number of pyridine rings is 1. The molecule has 0 aliphatic carbocycles. The van der Waals surface area contributed by atoms with Crippen molar-refractivity contribution in [2.24, 2.45) is 5.41 Å².